The molecule has 2 aliphatic heterocycles. The molecular formula is C21H24ClFN2OS. The van der Waals surface area contributed by atoms with E-state index in [0.717, 1.165) is 36.4 Å². The molecule has 0 aromatic heterocycles. The molecule has 2 saturated heterocycles. The van der Waals surface area contributed by atoms with Crippen molar-refractivity contribution in [2.24, 2.45) is 0 Å². The third-order valence-electron chi connectivity index (χ3n) is 5.23. The van der Waals surface area contributed by atoms with Crippen molar-refractivity contribution in [1.29, 1.82) is 0 Å². The molecule has 3 nitrogen and oxygen atoms in total. The normalized spacial score (nSPS) is 22.6. The minimum Gasteiger partial charge on any atom is -0.340 e. The van der Waals surface area contributed by atoms with Crippen molar-refractivity contribution in [1.82, 2.24) is 10.2 Å². The van der Waals surface area contributed by atoms with Crippen molar-refractivity contribution < 1.29 is 9.18 Å². The molecule has 2 heterocycles. The number of rotatable bonds is 4. The van der Waals surface area contributed by atoms with E-state index in [9.17, 15) is 9.18 Å². The Morgan fingerprint density at radius 2 is 1.74 bits per heavy atom. The third-order valence-corrected chi connectivity index (χ3v) is 6.48. The van der Waals surface area contributed by atoms with Gasteiger partial charge in [-0.15, -0.1) is 24.2 Å². The van der Waals surface area contributed by atoms with Gasteiger partial charge in [-0.2, -0.15) is 0 Å². The van der Waals surface area contributed by atoms with Gasteiger partial charge in [0, 0.05) is 30.1 Å². The van der Waals surface area contributed by atoms with E-state index < -0.39 is 0 Å². The molecule has 2 fully saturated rings. The number of nitrogens with zero attached hydrogens (tertiary/aromatic N) is 1. The molecule has 0 radical (unpaired) electrons. The molecule has 3 unspecified atom stereocenters. The van der Waals surface area contributed by atoms with E-state index in [1.165, 1.54) is 30.3 Å². The predicted octanol–water partition coefficient (Wildman–Crippen LogP) is 4.43. The number of thioether (sulfide) groups is 1. The zero-order valence-corrected chi connectivity index (χ0v) is 16.6. The lowest BCUT2D eigenvalue weighted by Crippen LogP contribution is -2.40. The van der Waals surface area contributed by atoms with Gasteiger partial charge in [-0.1, -0.05) is 30.3 Å². The Labute approximate surface area is 170 Å². The highest BCUT2D eigenvalue weighted by atomic mass is 35.5. The highest BCUT2D eigenvalue weighted by Crippen LogP contribution is 2.37. The Morgan fingerprint density at radius 1 is 1.04 bits per heavy atom. The smallest absolute Gasteiger partial charge is 0.240 e. The van der Waals surface area contributed by atoms with Gasteiger partial charge in [-0.05, 0) is 49.1 Å². The molecule has 2 aromatic rings. The fourth-order valence-corrected chi connectivity index (χ4v) is 4.96. The van der Waals surface area contributed by atoms with Gasteiger partial charge in [0.25, 0.3) is 0 Å². The number of halogens is 2. The maximum absolute atomic E-state index is 13.4. The summed E-state index contributed by atoms with van der Waals surface area (Å²) >= 11 is 1.50. The Morgan fingerprint density at radius 3 is 2.48 bits per heavy atom. The standard InChI is InChI=1S/C21H23FN2OS.ClH/c22-16-6-10-19(11-7-16)26-20(15-4-2-1-3-5-15)21(25)24-13-12-17-8-9-18(14-24)23-17;/h1-7,10-11,17-18,20,23H,8-9,12-14H2;1H. The molecule has 0 saturated carbocycles. The molecule has 6 heteroatoms. The summed E-state index contributed by atoms with van der Waals surface area (Å²) in [6.07, 6.45) is 3.39. The molecule has 1 N–H and O–H groups in total. The molecule has 2 aliphatic rings. The van der Waals surface area contributed by atoms with Crippen molar-refractivity contribution in [2.75, 3.05) is 13.1 Å². The van der Waals surface area contributed by atoms with E-state index in [4.69, 9.17) is 0 Å². The monoisotopic (exact) mass is 406 g/mol. The molecule has 4 rings (SSSR count). The molecule has 0 aliphatic carbocycles. The number of nitrogens with one attached hydrogen (secondary N) is 1. The quantitative estimate of drug-likeness (QED) is 0.762. The first kappa shape index (κ1) is 20.2. The highest BCUT2D eigenvalue weighted by Gasteiger charge is 2.34. The van der Waals surface area contributed by atoms with Crippen molar-refractivity contribution in [2.45, 2.75) is 41.5 Å². The summed E-state index contributed by atoms with van der Waals surface area (Å²) in [5.41, 5.74) is 0.995. The third kappa shape index (κ3) is 4.84. The second kappa shape index (κ2) is 9.09. The lowest BCUT2D eigenvalue weighted by Gasteiger charge is -2.28. The minimum atomic E-state index is -0.307. The van der Waals surface area contributed by atoms with Crippen LogP contribution in [0.5, 0.6) is 0 Å². The van der Waals surface area contributed by atoms with Crippen molar-refractivity contribution in [3.05, 3.63) is 66.0 Å². The lowest BCUT2D eigenvalue weighted by atomic mass is 10.1. The van der Waals surface area contributed by atoms with Crippen molar-refractivity contribution in [3.8, 4) is 0 Å². The summed E-state index contributed by atoms with van der Waals surface area (Å²) in [5.74, 6) is -0.105. The molecule has 2 aromatic carbocycles. The van der Waals surface area contributed by atoms with E-state index in [1.54, 1.807) is 12.1 Å². The summed E-state index contributed by atoms with van der Waals surface area (Å²) < 4.78 is 13.2. The number of carbonyl (C=O) groups is 1. The summed E-state index contributed by atoms with van der Waals surface area (Å²) in [5, 5.41) is 3.32. The van der Waals surface area contributed by atoms with Gasteiger partial charge in [-0.25, -0.2) is 4.39 Å². The first-order valence-corrected chi connectivity index (χ1v) is 10.1. The van der Waals surface area contributed by atoms with Gasteiger partial charge in [0.2, 0.25) is 5.91 Å². The Hall–Kier alpha value is -1.56. The fourth-order valence-electron chi connectivity index (χ4n) is 3.85. The highest BCUT2D eigenvalue weighted by molar-refractivity contribution is 8.00. The van der Waals surface area contributed by atoms with E-state index in [2.05, 4.69) is 5.32 Å². The summed E-state index contributed by atoms with van der Waals surface area (Å²) in [6, 6.07) is 17.2. The van der Waals surface area contributed by atoms with Crippen LogP contribution in [0.2, 0.25) is 0 Å². The fraction of sp³-hybridized carbons (Fsp3) is 0.381. The molecule has 1 amide bonds. The van der Waals surface area contributed by atoms with E-state index in [-0.39, 0.29) is 29.4 Å². The molecule has 144 valence electrons. The molecule has 0 spiro atoms. The maximum atomic E-state index is 13.4. The van der Waals surface area contributed by atoms with Crippen LogP contribution in [-0.2, 0) is 4.79 Å². The average molecular weight is 407 g/mol. The molecular weight excluding hydrogens is 383 g/mol. The van der Waals surface area contributed by atoms with Gasteiger partial charge in [0.05, 0.1) is 0 Å². The number of carbonyl (C=O) groups excluding carboxylic acids is 1. The van der Waals surface area contributed by atoms with Gasteiger partial charge in [0.15, 0.2) is 0 Å². The van der Waals surface area contributed by atoms with Gasteiger partial charge in [0.1, 0.15) is 11.1 Å². The summed E-state index contributed by atoms with van der Waals surface area (Å²) in [4.78, 5) is 16.3. The number of hydrogen-bond donors (Lipinski definition) is 1. The van der Waals surface area contributed by atoms with E-state index >= 15 is 0 Å². The van der Waals surface area contributed by atoms with Crippen LogP contribution in [-0.4, -0.2) is 36.0 Å². The van der Waals surface area contributed by atoms with Crippen molar-refractivity contribution >= 4 is 30.1 Å². The largest absolute Gasteiger partial charge is 0.340 e. The second-order valence-corrected chi connectivity index (χ2v) is 8.25. The lowest BCUT2D eigenvalue weighted by molar-refractivity contribution is -0.131. The molecule has 27 heavy (non-hydrogen) atoms. The zero-order chi connectivity index (χ0) is 17.9. The van der Waals surface area contributed by atoms with Crippen LogP contribution >= 0.6 is 24.2 Å². The number of hydrogen-bond acceptors (Lipinski definition) is 3. The Kier molecular flexibility index (Phi) is 6.79. The number of benzene rings is 2. The van der Waals surface area contributed by atoms with Crippen molar-refractivity contribution in [3.63, 3.8) is 0 Å². The average Bonchev–Trinajstić information content (AvgIpc) is 3.00. The Bertz CT molecular complexity index is 759. The summed E-state index contributed by atoms with van der Waals surface area (Å²) in [7, 11) is 0. The molecule has 3 atom stereocenters. The maximum Gasteiger partial charge on any atom is 0.240 e. The van der Waals surface area contributed by atoms with Crippen LogP contribution in [0, 0.1) is 5.82 Å². The first-order chi connectivity index (χ1) is 12.7. The Balaban J connectivity index is 0.00000210. The van der Waals surface area contributed by atoms with Crippen LogP contribution in [0.15, 0.2) is 59.5 Å². The van der Waals surface area contributed by atoms with E-state index in [0.29, 0.717) is 12.1 Å². The van der Waals surface area contributed by atoms with Crippen LogP contribution in [0.25, 0.3) is 0 Å². The first-order valence-electron chi connectivity index (χ1n) is 9.21. The van der Waals surface area contributed by atoms with Crippen LogP contribution in [0.4, 0.5) is 4.39 Å². The van der Waals surface area contributed by atoms with Crippen LogP contribution in [0.1, 0.15) is 30.1 Å². The second-order valence-electron chi connectivity index (χ2n) is 7.07. The molecule has 2 bridgehead atoms. The number of likely N-dealkylation sites (tertiary alicyclic amines) is 1. The number of amides is 1. The van der Waals surface area contributed by atoms with Gasteiger partial charge < -0.3 is 10.2 Å². The van der Waals surface area contributed by atoms with Gasteiger partial charge >= 0.3 is 0 Å². The minimum absolute atomic E-state index is 0. The zero-order valence-electron chi connectivity index (χ0n) is 15.0. The van der Waals surface area contributed by atoms with Crippen LogP contribution in [0.3, 0.4) is 0 Å². The topological polar surface area (TPSA) is 32.3 Å². The van der Waals surface area contributed by atoms with Crippen LogP contribution < -0.4 is 5.32 Å². The summed E-state index contributed by atoms with van der Waals surface area (Å²) in [6.45, 7) is 1.59. The predicted molar refractivity (Wildman–Crippen MR) is 110 cm³/mol. The van der Waals surface area contributed by atoms with E-state index in [1.807, 2.05) is 35.2 Å². The van der Waals surface area contributed by atoms with Gasteiger partial charge in [-0.3, -0.25) is 4.79 Å². The number of fused-ring (bicyclic) bond motifs is 2. The SMILES string of the molecule is Cl.O=C(C(Sc1ccc(F)cc1)c1ccccc1)N1CCC2CCC(C1)N2.